The molecule has 5 heteroatoms. The normalized spacial score (nSPS) is 12.3. The summed E-state index contributed by atoms with van der Waals surface area (Å²) in [7, 11) is 1.81. The highest BCUT2D eigenvalue weighted by molar-refractivity contribution is 7.99. The van der Waals surface area contributed by atoms with Crippen molar-refractivity contribution in [3.05, 3.63) is 40.7 Å². The first-order valence-corrected chi connectivity index (χ1v) is 10.4. The summed E-state index contributed by atoms with van der Waals surface area (Å²) in [5.74, 6) is 0.907. The van der Waals surface area contributed by atoms with Crippen molar-refractivity contribution in [2.45, 2.75) is 50.8 Å². The summed E-state index contributed by atoms with van der Waals surface area (Å²) in [4.78, 5) is 24.7. The molecule has 4 nitrogen and oxygen atoms in total. The van der Waals surface area contributed by atoms with E-state index < -0.39 is 0 Å². The van der Waals surface area contributed by atoms with Crippen molar-refractivity contribution < 1.29 is 9.53 Å². The first-order valence-electron chi connectivity index (χ1n) is 9.42. The summed E-state index contributed by atoms with van der Waals surface area (Å²) >= 11 is 1.75. The van der Waals surface area contributed by atoms with E-state index in [1.807, 2.05) is 39.1 Å². The van der Waals surface area contributed by atoms with Crippen molar-refractivity contribution in [2.75, 3.05) is 12.4 Å². The molecule has 0 saturated heterocycles. The lowest BCUT2D eigenvalue weighted by Crippen LogP contribution is -2.16. The van der Waals surface area contributed by atoms with Gasteiger partial charge in [-0.05, 0) is 31.1 Å². The highest BCUT2D eigenvalue weighted by Crippen LogP contribution is 2.27. The molecule has 0 spiro atoms. The fraction of sp³-hybridized carbons (Fsp3) is 0.524. The zero-order valence-electron chi connectivity index (χ0n) is 16.0. The molecule has 0 saturated carbocycles. The number of rotatable bonds is 10. The van der Waals surface area contributed by atoms with Crippen LogP contribution >= 0.6 is 11.8 Å². The average molecular weight is 376 g/mol. The maximum atomic E-state index is 12.1. The summed E-state index contributed by atoms with van der Waals surface area (Å²) < 4.78 is 6.96. The third kappa shape index (κ3) is 5.63. The Morgan fingerprint density at radius 1 is 1.19 bits per heavy atom. The SMILES string of the molecule is CCC(C)C(=O)OCCCCCCSc1cc(=O)n(C)c2ccccc12. The number of carbonyl (C=O) groups excluding carboxylic acids is 1. The zero-order chi connectivity index (χ0) is 18.9. The van der Waals surface area contributed by atoms with Gasteiger partial charge >= 0.3 is 5.97 Å². The van der Waals surface area contributed by atoms with Gasteiger partial charge in [-0.2, -0.15) is 0 Å². The number of hydrogen-bond acceptors (Lipinski definition) is 4. The Morgan fingerprint density at radius 3 is 2.69 bits per heavy atom. The molecular weight excluding hydrogens is 346 g/mol. The van der Waals surface area contributed by atoms with Crippen LogP contribution in [0.25, 0.3) is 10.9 Å². The van der Waals surface area contributed by atoms with Crippen LogP contribution in [0.2, 0.25) is 0 Å². The van der Waals surface area contributed by atoms with E-state index >= 15 is 0 Å². The van der Waals surface area contributed by atoms with Gasteiger partial charge in [-0.3, -0.25) is 9.59 Å². The number of benzene rings is 1. The van der Waals surface area contributed by atoms with Gasteiger partial charge < -0.3 is 9.30 Å². The summed E-state index contributed by atoms with van der Waals surface area (Å²) in [5.41, 5.74) is 1.01. The minimum Gasteiger partial charge on any atom is -0.465 e. The molecule has 0 aliphatic carbocycles. The van der Waals surface area contributed by atoms with E-state index in [-0.39, 0.29) is 17.4 Å². The summed E-state index contributed by atoms with van der Waals surface area (Å²) in [6.45, 7) is 4.42. The number of fused-ring (bicyclic) bond motifs is 1. The van der Waals surface area contributed by atoms with Crippen LogP contribution in [-0.4, -0.2) is 22.9 Å². The largest absolute Gasteiger partial charge is 0.465 e. The molecule has 142 valence electrons. The molecule has 26 heavy (non-hydrogen) atoms. The van der Waals surface area contributed by atoms with E-state index in [2.05, 4.69) is 6.07 Å². The lowest BCUT2D eigenvalue weighted by molar-refractivity contribution is -0.148. The molecule has 0 N–H and O–H groups in total. The van der Waals surface area contributed by atoms with E-state index in [0.29, 0.717) is 6.61 Å². The maximum Gasteiger partial charge on any atom is 0.308 e. The second kappa shape index (κ2) is 10.4. The summed E-state index contributed by atoms with van der Waals surface area (Å²) in [6.07, 6.45) is 5.00. The lowest BCUT2D eigenvalue weighted by Gasteiger charge is -2.10. The molecule has 1 unspecified atom stereocenters. The minimum atomic E-state index is -0.0828. The Balaban J connectivity index is 1.71. The van der Waals surface area contributed by atoms with Gasteiger partial charge in [0, 0.05) is 23.4 Å². The predicted octanol–water partition coefficient (Wildman–Crippen LogP) is 4.78. The number of aromatic nitrogens is 1. The summed E-state index contributed by atoms with van der Waals surface area (Å²) in [5, 5.41) is 1.14. The van der Waals surface area contributed by atoms with Crippen LogP contribution in [0.5, 0.6) is 0 Å². The number of para-hydroxylation sites is 1. The predicted molar refractivity (Wildman–Crippen MR) is 109 cm³/mol. The van der Waals surface area contributed by atoms with Gasteiger partial charge in [0.1, 0.15) is 0 Å². The number of carbonyl (C=O) groups is 1. The zero-order valence-corrected chi connectivity index (χ0v) is 16.8. The monoisotopic (exact) mass is 375 g/mol. The third-order valence-electron chi connectivity index (χ3n) is 4.67. The topological polar surface area (TPSA) is 48.3 Å². The lowest BCUT2D eigenvalue weighted by atomic mass is 10.1. The summed E-state index contributed by atoms with van der Waals surface area (Å²) in [6, 6.07) is 9.77. The molecule has 2 rings (SSSR count). The number of unbranched alkanes of at least 4 members (excludes halogenated alkanes) is 3. The molecule has 1 aromatic heterocycles. The van der Waals surface area contributed by atoms with Crippen molar-refractivity contribution in [1.82, 2.24) is 4.57 Å². The van der Waals surface area contributed by atoms with E-state index in [1.165, 1.54) is 0 Å². The minimum absolute atomic E-state index is 0.000184. The number of esters is 1. The van der Waals surface area contributed by atoms with Crippen molar-refractivity contribution in [3.8, 4) is 0 Å². The highest BCUT2D eigenvalue weighted by atomic mass is 32.2. The first kappa shape index (κ1) is 20.6. The second-order valence-electron chi connectivity index (χ2n) is 6.66. The number of thioether (sulfide) groups is 1. The van der Waals surface area contributed by atoms with Gasteiger partial charge in [0.25, 0.3) is 5.56 Å². The Morgan fingerprint density at radius 2 is 1.92 bits per heavy atom. The van der Waals surface area contributed by atoms with Gasteiger partial charge in [-0.15, -0.1) is 11.8 Å². The van der Waals surface area contributed by atoms with Gasteiger partial charge in [0.15, 0.2) is 0 Å². The quantitative estimate of drug-likeness (QED) is 0.341. The van der Waals surface area contributed by atoms with E-state index in [4.69, 9.17) is 4.74 Å². The molecular formula is C21H29NO3S. The molecule has 0 amide bonds. The molecule has 0 fully saturated rings. The van der Waals surface area contributed by atoms with Crippen LogP contribution in [0, 0.1) is 5.92 Å². The second-order valence-corrected chi connectivity index (χ2v) is 7.80. The number of ether oxygens (including phenoxy) is 1. The maximum absolute atomic E-state index is 12.1. The van der Waals surface area contributed by atoms with Crippen LogP contribution in [0.3, 0.4) is 0 Å². The van der Waals surface area contributed by atoms with Crippen LogP contribution < -0.4 is 5.56 Å². The van der Waals surface area contributed by atoms with Gasteiger partial charge in [-0.1, -0.05) is 44.9 Å². The Labute approximate surface area is 159 Å². The van der Waals surface area contributed by atoms with Crippen LogP contribution in [-0.2, 0) is 16.6 Å². The fourth-order valence-corrected chi connectivity index (χ4v) is 3.80. The van der Waals surface area contributed by atoms with Gasteiger partial charge in [0.2, 0.25) is 0 Å². The van der Waals surface area contributed by atoms with Crippen molar-refractivity contribution in [3.63, 3.8) is 0 Å². The van der Waals surface area contributed by atoms with Gasteiger partial charge in [0.05, 0.1) is 18.0 Å². The molecule has 0 radical (unpaired) electrons. The molecule has 1 aromatic carbocycles. The van der Waals surface area contributed by atoms with E-state index in [9.17, 15) is 9.59 Å². The highest BCUT2D eigenvalue weighted by Gasteiger charge is 2.11. The van der Waals surface area contributed by atoms with E-state index in [1.54, 1.807) is 22.4 Å². The van der Waals surface area contributed by atoms with Crippen molar-refractivity contribution in [1.29, 1.82) is 0 Å². The van der Waals surface area contributed by atoms with Crippen LogP contribution in [0.1, 0.15) is 46.0 Å². The third-order valence-corrected chi connectivity index (χ3v) is 5.81. The molecule has 2 aromatic rings. The van der Waals surface area contributed by atoms with Crippen LogP contribution in [0.4, 0.5) is 0 Å². The Bertz CT molecular complexity index is 784. The van der Waals surface area contributed by atoms with E-state index in [0.717, 1.165) is 53.7 Å². The molecule has 1 heterocycles. The smallest absolute Gasteiger partial charge is 0.308 e. The molecule has 1 atom stereocenters. The Hall–Kier alpha value is -1.75. The number of nitrogens with zero attached hydrogens (tertiary/aromatic N) is 1. The van der Waals surface area contributed by atoms with Crippen LogP contribution in [0.15, 0.2) is 40.0 Å². The van der Waals surface area contributed by atoms with Gasteiger partial charge in [-0.25, -0.2) is 0 Å². The first-order chi connectivity index (χ1) is 12.5. The van der Waals surface area contributed by atoms with Crippen molar-refractivity contribution >= 4 is 28.6 Å². The molecule has 0 aliphatic rings. The number of aryl methyl sites for hydroxylation is 1. The molecule has 0 bridgehead atoms. The number of hydrogen-bond donors (Lipinski definition) is 0. The Kier molecular flexibility index (Phi) is 8.23. The standard InChI is InChI=1S/C21H29NO3S/c1-4-16(2)21(24)25-13-9-5-6-10-14-26-19-15-20(23)22(3)18-12-8-7-11-17(18)19/h7-8,11-12,15-16H,4-6,9-10,13-14H2,1-3H3. The fourth-order valence-electron chi connectivity index (χ4n) is 2.72. The van der Waals surface area contributed by atoms with Crippen molar-refractivity contribution in [2.24, 2.45) is 13.0 Å². The number of pyridine rings is 1. The molecule has 0 aliphatic heterocycles. The average Bonchev–Trinajstić information content (AvgIpc) is 2.66.